The number of carbonyl (C=O) groups excluding carboxylic acids is 1. The number of methoxy groups -OCH3 is 1. The summed E-state index contributed by atoms with van der Waals surface area (Å²) in [5, 5.41) is 12.6. The third kappa shape index (κ3) is 7.16. The highest BCUT2D eigenvalue weighted by molar-refractivity contribution is 7.98. The Morgan fingerprint density at radius 3 is 2.19 bits per heavy atom. The van der Waals surface area contributed by atoms with Crippen LogP contribution < -0.4 is 4.74 Å². The number of thiophene rings is 2. The van der Waals surface area contributed by atoms with Gasteiger partial charge in [0.2, 0.25) is 0 Å². The summed E-state index contributed by atoms with van der Waals surface area (Å²) in [6.45, 7) is 2.20. The van der Waals surface area contributed by atoms with Crippen molar-refractivity contribution in [1.29, 1.82) is 0 Å². The molecule has 0 radical (unpaired) electrons. The zero-order valence-electron chi connectivity index (χ0n) is 19.5. The van der Waals surface area contributed by atoms with Gasteiger partial charge in [0.15, 0.2) is 11.6 Å². The van der Waals surface area contributed by atoms with Crippen molar-refractivity contribution in [1.82, 2.24) is 0 Å². The lowest BCUT2D eigenvalue weighted by Gasteiger charge is -2.10. The first-order valence-corrected chi connectivity index (χ1v) is 13.4. The molecular weight excluding hydrogens is 526 g/mol. The smallest absolute Gasteiger partial charge is 0.348 e. The van der Waals surface area contributed by atoms with E-state index in [-0.39, 0.29) is 17.5 Å². The maximum absolute atomic E-state index is 13.6. The van der Waals surface area contributed by atoms with Crippen LogP contribution in [0.4, 0.5) is 8.78 Å². The van der Waals surface area contributed by atoms with Gasteiger partial charge in [0, 0.05) is 10.5 Å². The second-order valence-electron chi connectivity index (χ2n) is 7.38. The summed E-state index contributed by atoms with van der Waals surface area (Å²) in [6, 6.07) is 12.8. The zero-order chi connectivity index (χ0) is 26.2. The zero-order valence-corrected chi connectivity index (χ0v) is 22.0. The summed E-state index contributed by atoms with van der Waals surface area (Å²) >= 11 is 3.90. The van der Waals surface area contributed by atoms with Crippen molar-refractivity contribution in [2.24, 2.45) is 0 Å². The van der Waals surface area contributed by atoms with Gasteiger partial charge in [0.25, 0.3) is 0 Å². The number of carboxylic acids is 1. The van der Waals surface area contributed by atoms with Crippen LogP contribution >= 0.6 is 34.4 Å². The first-order valence-electron chi connectivity index (χ1n) is 10.4. The number of benzene rings is 2. The van der Waals surface area contributed by atoms with Crippen molar-refractivity contribution in [2.45, 2.75) is 18.4 Å². The Morgan fingerprint density at radius 1 is 0.972 bits per heavy atom. The number of hydrogen-bond donors (Lipinski definition) is 1. The number of carboxylic acid groups (broad SMARTS) is 1. The average molecular weight is 549 g/mol. The molecule has 0 fully saturated rings. The number of aryl methyl sites for hydroxylation is 1. The standard InChI is InChI=1S/C19H14F2O3S2.C7H8O2S/c1-25-17-8-16(21)15(20)7-14(17)12-2-4-13(5-3-12)24-9-11-6-18(19(22)23)26-10-11;1-5-3-6(10-4-5)7(8)9-2/h2-8,10H,9H2,1H3,(H,22,23);3-4H,1-2H3. The lowest BCUT2D eigenvalue weighted by molar-refractivity contribution is 0.0605. The van der Waals surface area contributed by atoms with Gasteiger partial charge in [0.1, 0.15) is 22.1 Å². The molecule has 0 spiro atoms. The number of ether oxygens (including phenoxy) is 2. The Kier molecular flexibility index (Phi) is 9.63. The summed E-state index contributed by atoms with van der Waals surface area (Å²) < 4.78 is 37.1. The first-order chi connectivity index (χ1) is 17.2. The molecule has 0 saturated carbocycles. The van der Waals surface area contributed by atoms with Gasteiger partial charge in [0.05, 0.1) is 7.11 Å². The number of esters is 1. The molecule has 0 atom stereocenters. The molecule has 36 heavy (non-hydrogen) atoms. The molecule has 4 rings (SSSR count). The first kappa shape index (κ1) is 27.4. The van der Waals surface area contributed by atoms with E-state index in [2.05, 4.69) is 4.74 Å². The Morgan fingerprint density at radius 2 is 1.64 bits per heavy atom. The van der Waals surface area contributed by atoms with Gasteiger partial charge in [-0.05, 0) is 77.0 Å². The van der Waals surface area contributed by atoms with Crippen LogP contribution in [-0.2, 0) is 11.3 Å². The van der Waals surface area contributed by atoms with E-state index in [1.54, 1.807) is 42.0 Å². The monoisotopic (exact) mass is 548 g/mol. The molecule has 0 saturated heterocycles. The Bertz CT molecular complexity index is 1350. The highest BCUT2D eigenvalue weighted by Gasteiger charge is 2.12. The largest absolute Gasteiger partial charge is 0.489 e. The lowest BCUT2D eigenvalue weighted by Crippen LogP contribution is -1.96. The summed E-state index contributed by atoms with van der Waals surface area (Å²) in [5.41, 5.74) is 3.25. The predicted molar refractivity (Wildman–Crippen MR) is 140 cm³/mol. The van der Waals surface area contributed by atoms with Crippen molar-refractivity contribution in [3.05, 3.63) is 91.8 Å². The molecule has 10 heteroatoms. The number of rotatable bonds is 7. The maximum Gasteiger partial charge on any atom is 0.348 e. The van der Waals surface area contributed by atoms with Crippen molar-refractivity contribution in [3.63, 3.8) is 0 Å². The van der Waals surface area contributed by atoms with Crippen molar-refractivity contribution >= 4 is 46.4 Å². The van der Waals surface area contributed by atoms with Crippen molar-refractivity contribution < 1.29 is 33.0 Å². The topological polar surface area (TPSA) is 72.8 Å². The lowest BCUT2D eigenvalue weighted by atomic mass is 10.1. The average Bonchev–Trinajstić information content (AvgIpc) is 3.54. The summed E-state index contributed by atoms with van der Waals surface area (Å²) in [6.07, 6.45) is 1.81. The Balaban J connectivity index is 0.000000303. The van der Waals surface area contributed by atoms with Gasteiger partial charge in [-0.25, -0.2) is 18.4 Å². The fourth-order valence-electron chi connectivity index (χ4n) is 3.02. The predicted octanol–water partition coefficient (Wildman–Crippen LogP) is 7.54. The Hall–Kier alpha value is -3.21. The highest BCUT2D eigenvalue weighted by Crippen LogP contribution is 2.33. The second-order valence-corrected chi connectivity index (χ2v) is 10.1. The molecule has 0 amide bonds. The fraction of sp³-hybridized carbons (Fsp3) is 0.154. The van der Waals surface area contributed by atoms with Crippen LogP contribution in [0.15, 0.2) is 64.2 Å². The van der Waals surface area contributed by atoms with E-state index in [4.69, 9.17) is 9.84 Å². The third-order valence-corrected chi connectivity index (χ3v) is 7.57. The maximum atomic E-state index is 13.6. The van der Waals surface area contributed by atoms with Gasteiger partial charge >= 0.3 is 11.9 Å². The normalized spacial score (nSPS) is 10.4. The van der Waals surface area contributed by atoms with Crippen LogP contribution in [0.1, 0.15) is 30.5 Å². The highest BCUT2D eigenvalue weighted by atomic mass is 32.2. The van der Waals surface area contributed by atoms with Crippen LogP contribution in [-0.4, -0.2) is 30.4 Å². The third-order valence-electron chi connectivity index (χ3n) is 4.79. The van der Waals surface area contributed by atoms with E-state index in [1.807, 2.05) is 18.4 Å². The van der Waals surface area contributed by atoms with E-state index in [9.17, 15) is 18.4 Å². The minimum Gasteiger partial charge on any atom is -0.489 e. The molecule has 0 aliphatic rings. The number of hydrogen-bond acceptors (Lipinski definition) is 7. The number of aromatic carboxylic acids is 1. The van der Waals surface area contributed by atoms with E-state index >= 15 is 0 Å². The second kappa shape index (κ2) is 12.7. The molecule has 0 aliphatic heterocycles. The molecule has 2 aromatic carbocycles. The molecular formula is C26H22F2O5S3. The summed E-state index contributed by atoms with van der Waals surface area (Å²) in [7, 11) is 1.39. The quantitative estimate of drug-likeness (QED) is 0.190. The SMILES string of the molecule is COC(=O)c1cc(C)cs1.CSc1cc(F)c(F)cc1-c1ccc(OCc2csc(C(=O)O)c2)cc1. The number of carbonyl (C=O) groups is 2. The summed E-state index contributed by atoms with van der Waals surface area (Å²) in [4.78, 5) is 23.3. The van der Waals surface area contributed by atoms with E-state index < -0.39 is 17.6 Å². The van der Waals surface area contributed by atoms with E-state index in [1.165, 1.54) is 42.3 Å². The van der Waals surface area contributed by atoms with Gasteiger partial charge in [-0.2, -0.15) is 0 Å². The van der Waals surface area contributed by atoms with E-state index in [0.29, 0.717) is 21.1 Å². The molecule has 5 nitrogen and oxygen atoms in total. The molecule has 2 aromatic heterocycles. The van der Waals surface area contributed by atoms with Crippen molar-refractivity contribution in [2.75, 3.05) is 13.4 Å². The van der Waals surface area contributed by atoms with Gasteiger partial charge in [-0.1, -0.05) is 12.1 Å². The molecule has 0 aliphatic carbocycles. The van der Waals surface area contributed by atoms with E-state index in [0.717, 1.165) is 28.0 Å². The molecule has 188 valence electrons. The van der Waals surface area contributed by atoms with Crippen LogP contribution in [0, 0.1) is 18.6 Å². The van der Waals surface area contributed by atoms with Crippen LogP contribution in [0.25, 0.3) is 11.1 Å². The number of thioether (sulfide) groups is 1. The number of halogens is 2. The van der Waals surface area contributed by atoms with Gasteiger partial charge in [-0.15, -0.1) is 34.4 Å². The van der Waals surface area contributed by atoms with Gasteiger partial charge < -0.3 is 14.6 Å². The summed E-state index contributed by atoms with van der Waals surface area (Å²) in [5.74, 6) is -2.36. The molecule has 4 aromatic rings. The van der Waals surface area contributed by atoms with Gasteiger partial charge in [-0.3, -0.25) is 0 Å². The minimum absolute atomic E-state index is 0.252. The minimum atomic E-state index is -0.957. The molecule has 0 bridgehead atoms. The molecule has 0 unspecified atom stereocenters. The van der Waals surface area contributed by atoms with Crippen LogP contribution in [0.2, 0.25) is 0 Å². The fourth-order valence-corrected chi connectivity index (χ4v) is 5.19. The molecule has 1 N–H and O–H groups in total. The van der Waals surface area contributed by atoms with Crippen LogP contribution in [0.5, 0.6) is 5.75 Å². The Labute approximate surface area is 219 Å². The molecule has 2 heterocycles. The van der Waals surface area contributed by atoms with Crippen molar-refractivity contribution in [3.8, 4) is 16.9 Å². The van der Waals surface area contributed by atoms with Crippen LogP contribution in [0.3, 0.4) is 0 Å².